The molecule has 10 N–H and O–H groups in total. The lowest BCUT2D eigenvalue weighted by Gasteiger charge is -2.26. The molecule has 2 heterocycles. The predicted octanol–water partition coefficient (Wildman–Crippen LogP) is -2.69. The fourth-order valence-electron chi connectivity index (χ4n) is 2.65. The van der Waals surface area contributed by atoms with Gasteiger partial charge >= 0.3 is 10.4 Å². The molecule has 0 atom stereocenters. The molecule has 14 nitrogen and oxygen atoms in total. The van der Waals surface area contributed by atoms with Gasteiger partial charge in [0, 0.05) is 52.4 Å². The maximum absolute atomic E-state index is 8.74. The second-order valence-corrected chi connectivity index (χ2v) is 7.57. The van der Waals surface area contributed by atoms with Crippen LogP contribution in [-0.2, 0) is 19.9 Å². The number of hydrogen-bond acceptors (Lipinski definition) is 8. The van der Waals surface area contributed by atoms with Gasteiger partial charge in [0.2, 0.25) is 0 Å². The Morgan fingerprint density at radius 3 is 1.29 bits per heavy atom. The molecule has 2 aliphatic rings. The monoisotopic (exact) mass is 470 g/mol. The number of ether oxygens (including phenoxy) is 2. The number of hydrogen-bond donors (Lipinski definition) is 6. The molecule has 0 bridgehead atoms. The Morgan fingerprint density at radius 2 is 1.03 bits per heavy atom. The van der Waals surface area contributed by atoms with Gasteiger partial charge in [0.1, 0.15) is 0 Å². The number of nitrogens with two attached hydrogens (primary N) is 4. The van der Waals surface area contributed by atoms with Gasteiger partial charge in [-0.25, -0.2) is 0 Å². The van der Waals surface area contributed by atoms with Crippen molar-refractivity contribution in [1.82, 2.24) is 9.80 Å². The second-order valence-electron chi connectivity index (χ2n) is 6.68. The minimum Gasteiger partial charge on any atom is -0.379 e. The normalized spacial score (nSPS) is 17.4. The fraction of sp³-hybridized carbons (Fsp3) is 0.875. The Labute approximate surface area is 184 Å². The zero-order valence-corrected chi connectivity index (χ0v) is 18.7. The number of rotatable bonds is 8. The standard InChI is InChI=1S/2C8H18N4O.H2O4S/c2*9-8(10)11-2-1-3-12-4-6-13-7-5-12;1-5(2,3)4/h2*1-7H2,(H4,9,10,11);(H2,1,2,3,4). The average molecular weight is 471 g/mol. The molecule has 0 radical (unpaired) electrons. The van der Waals surface area contributed by atoms with Crippen molar-refractivity contribution in [2.24, 2.45) is 32.9 Å². The second kappa shape index (κ2) is 17.9. The highest BCUT2D eigenvalue weighted by Crippen LogP contribution is 1.98. The van der Waals surface area contributed by atoms with Crippen LogP contribution in [0.1, 0.15) is 12.8 Å². The van der Waals surface area contributed by atoms with E-state index in [1.807, 2.05) is 0 Å². The first-order chi connectivity index (χ1) is 14.6. The van der Waals surface area contributed by atoms with Crippen molar-refractivity contribution < 1.29 is 27.0 Å². The summed E-state index contributed by atoms with van der Waals surface area (Å²) in [6.07, 6.45) is 2.02. The van der Waals surface area contributed by atoms with Crippen LogP contribution < -0.4 is 22.9 Å². The molecule has 0 aromatic rings. The molecule has 0 spiro atoms. The SMILES string of the molecule is NC(N)=NCCCN1CCOCC1.NC(N)=NCCCN1CCOCC1.O=S(=O)(O)O. The zero-order chi connectivity index (χ0) is 23.5. The van der Waals surface area contributed by atoms with Crippen LogP contribution in [0.2, 0.25) is 0 Å². The Kier molecular flexibility index (Phi) is 16.9. The van der Waals surface area contributed by atoms with E-state index in [0.29, 0.717) is 0 Å². The van der Waals surface area contributed by atoms with Gasteiger partial charge in [-0.2, -0.15) is 8.42 Å². The van der Waals surface area contributed by atoms with Crippen molar-refractivity contribution >= 4 is 22.3 Å². The molecule has 0 unspecified atom stereocenters. The van der Waals surface area contributed by atoms with Crippen molar-refractivity contribution in [2.45, 2.75) is 12.8 Å². The molecule has 0 saturated carbocycles. The van der Waals surface area contributed by atoms with Crippen molar-refractivity contribution in [3.63, 3.8) is 0 Å². The van der Waals surface area contributed by atoms with E-state index in [1.54, 1.807) is 0 Å². The highest BCUT2D eigenvalue weighted by atomic mass is 32.3. The Balaban J connectivity index is 0.000000479. The minimum absolute atomic E-state index is 0.182. The van der Waals surface area contributed by atoms with E-state index >= 15 is 0 Å². The maximum atomic E-state index is 8.74. The van der Waals surface area contributed by atoms with Gasteiger partial charge in [-0.15, -0.1) is 0 Å². The van der Waals surface area contributed by atoms with E-state index in [1.165, 1.54) is 0 Å². The lowest BCUT2D eigenvalue weighted by molar-refractivity contribution is 0.0377. The molecule has 2 rings (SSSR count). The van der Waals surface area contributed by atoms with Crippen LogP contribution in [0, 0.1) is 0 Å². The Hall–Kier alpha value is -1.75. The van der Waals surface area contributed by atoms with Crippen molar-refractivity contribution in [3.8, 4) is 0 Å². The van der Waals surface area contributed by atoms with Crippen molar-refractivity contribution in [2.75, 3.05) is 78.8 Å². The summed E-state index contributed by atoms with van der Waals surface area (Å²) in [6, 6.07) is 0. The van der Waals surface area contributed by atoms with E-state index in [9.17, 15) is 0 Å². The first-order valence-corrected chi connectivity index (χ1v) is 11.4. The molecular formula is C16H38N8O6S. The summed E-state index contributed by atoms with van der Waals surface area (Å²) in [5.74, 6) is 0.365. The van der Waals surface area contributed by atoms with Gasteiger partial charge in [0.15, 0.2) is 11.9 Å². The molecule has 2 aliphatic heterocycles. The summed E-state index contributed by atoms with van der Waals surface area (Å²) >= 11 is 0. The van der Waals surface area contributed by atoms with Crippen LogP contribution in [0.3, 0.4) is 0 Å². The molecule has 184 valence electrons. The third-order valence-electron chi connectivity index (χ3n) is 4.06. The van der Waals surface area contributed by atoms with Crippen LogP contribution in [0.4, 0.5) is 0 Å². The number of aliphatic imine (C=N–C) groups is 2. The van der Waals surface area contributed by atoms with Crippen LogP contribution in [-0.4, -0.2) is 118 Å². The predicted molar refractivity (Wildman–Crippen MR) is 119 cm³/mol. The van der Waals surface area contributed by atoms with Crippen LogP contribution in [0.5, 0.6) is 0 Å². The van der Waals surface area contributed by atoms with E-state index < -0.39 is 10.4 Å². The number of guanidine groups is 2. The van der Waals surface area contributed by atoms with Gasteiger partial charge in [0.05, 0.1) is 26.4 Å². The number of morpholine rings is 2. The van der Waals surface area contributed by atoms with E-state index in [2.05, 4.69) is 19.8 Å². The molecule has 2 saturated heterocycles. The molecule has 15 heteroatoms. The Bertz CT molecular complexity index is 553. The third kappa shape index (κ3) is 24.4. The molecule has 31 heavy (non-hydrogen) atoms. The summed E-state index contributed by atoms with van der Waals surface area (Å²) in [4.78, 5) is 12.6. The first-order valence-electron chi connectivity index (χ1n) is 9.98. The van der Waals surface area contributed by atoms with Crippen LogP contribution in [0.15, 0.2) is 9.98 Å². The van der Waals surface area contributed by atoms with Crippen LogP contribution in [0.25, 0.3) is 0 Å². The van der Waals surface area contributed by atoms with Crippen molar-refractivity contribution in [1.29, 1.82) is 0 Å². The lowest BCUT2D eigenvalue weighted by atomic mass is 10.3. The molecule has 2 fully saturated rings. The van der Waals surface area contributed by atoms with Gasteiger partial charge in [-0.05, 0) is 12.8 Å². The molecule has 0 amide bonds. The smallest absolute Gasteiger partial charge is 0.379 e. The minimum atomic E-state index is -4.67. The summed E-state index contributed by atoms with van der Waals surface area (Å²) < 4.78 is 42.1. The average Bonchev–Trinajstić information content (AvgIpc) is 2.69. The van der Waals surface area contributed by atoms with Gasteiger partial charge in [-0.3, -0.25) is 28.9 Å². The lowest BCUT2D eigenvalue weighted by Crippen LogP contribution is -2.37. The summed E-state index contributed by atoms with van der Waals surface area (Å²) in [6.45, 7) is 11.1. The van der Waals surface area contributed by atoms with Gasteiger partial charge in [0.25, 0.3) is 0 Å². The molecule has 0 aromatic heterocycles. The third-order valence-corrected chi connectivity index (χ3v) is 4.06. The largest absolute Gasteiger partial charge is 0.394 e. The highest BCUT2D eigenvalue weighted by Gasteiger charge is 2.09. The molecule has 0 aromatic carbocycles. The van der Waals surface area contributed by atoms with Gasteiger partial charge in [-0.1, -0.05) is 0 Å². The zero-order valence-electron chi connectivity index (χ0n) is 17.9. The Morgan fingerprint density at radius 1 is 0.742 bits per heavy atom. The summed E-state index contributed by atoms with van der Waals surface area (Å²) in [5.41, 5.74) is 20.8. The fourth-order valence-corrected chi connectivity index (χ4v) is 2.65. The molecule has 0 aliphatic carbocycles. The molecular weight excluding hydrogens is 432 g/mol. The van der Waals surface area contributed by atoms with Crippen molar-refractivity contribution in [3.05, 3.63) is 0 Å². The quantitative estimate of drug-likeness (QED) is 0.0922. The number of nitrogens with zero attached hydrogens (tertiary/aromatic N) is 4. The van der Waals surface area contributed by atoms with E-state index in [4.69, 9.17) is 49.9 Å². The highest BCUT2D eigenvalue weighted by molar-refractivity contribution is 7.79. The first kappa shape index (κ1) is 29.2. The maximum Gasteiger partial charge on any atom is 0.394 e. The summed E-state index contributed by atoms with van der Waals surface area (Å²) in [5, 5.41) is 0. The van der Waals surface area contributed by atoms with Gasteiger partial charge < -0.3 is 32.4 Å². The topological polar surface area (TPSA) is 228 Å². The van der Waals surface area contributed by atoms with E-state index in [-0.39, 0.29) is 11.9 Å². The van der Waals surface area contributed by atoms with Crippen LogP contribution >= 0.6 is 0 Å². The summed E-state index contributed by atoms with van der Waals surface area (Å²) in [7, 11) is -4.67. The van der Waals surface area contributed by atoms with E-state index in [0.717, 1.165) is 91.6 Å².